The number of nitrogens with zero attached hydrogens (tertiary/aromatic N) is 3. The first-order chi connectivity index (χ1) is 14.2. The van der Waals surface area contributed by atoms with Crippen molar-refractivity contribution in [3.8, 4) is 0 Å². The minimum Gasteiger partial charge on any atom is -0.379 e. The molecule has 1 atom stereocenters. The second kappa shape index (κ2) is 13.1. The Hall–Kier alpha value is -1.39. The van der Waals surface area contributed by atoms with Gasteiger partial charge in [0.2, 0.25) is 5.91 Å². The van der Waals surface area contributed by atoms with E-state index in [0.29, 0.717) is 25.6 Å². The predicted octanol–water partition coefficient (Wildman–Crippen LogP) is 2.20. The summed E-state index contributed by atoms with van der Waals surface area (Å²) in [5.74, 6) is 1.09. The standard InChI is InChI=1S/C22H35N5O2.HI/c1-3-23-22(24-15-18(2)26-11-13-29-14-12-26)25-16-19-7-4-5-8-20(19)17-27-10-6-9-21(27)28;/h4-5,7-8,18H,3,6,9-17H2,1-2H3,(H2,23,24,25);1H. The molecule has 1 aromatic rings. The van der Waals surface area contributed by atoms with Crippen LogP contribution in [0, 0.1) is 0 Å². The molecule has 2 N–H and O–H groups in total. The fraction of sp³-hybridized carbons (Fsp3) is 0.636. The molecular formula is C22H36IN5O2. The van der Waals surface area contributed by atoms with E-state index in [-0.39, 0.29) is 29.9 Å². The van der Waals surface area contributed by atoms with E-state index in [9.17, 15) is 4.79 Å². The van der Waals surface area contributed by atoms with E-state index in [1.54, 1.807) is 0 Å². The second-order valence-corrected chi connectivity index (χ2v) is 7.76. The number of benzene rings is 1. The van der Waals surface area contributed by atoms with Gasteiger partial charge in [-0.25, -0.2) is 4.99 Å². The number of amides is 1. The number of halogens is 1. The molecule has 7 nitrogen and oxygen atoms in total. The SMILES string of the molecule is CCNC(=NCc1ccccc1CN1CCCC1=O)NCC(C)N1CCOCC1.I. The fourth-order valence-corrected chi connectivity index (χ4v) is 3.84. The summed E-state index contributed by atoms with van der Waals surface area (Å²) in [5, 5.41) is 6.82. The van der Waals surface area contributed by atoms with Crippen LogP contribution in [0.5, 0.6) is 0 Å². The molecule has 2 aliphatic heterocycles. The van der Waals surface area contributed by atoms with Crippen molar-refractivity contribution in [3.05, 3.63) is 35.4 Å². The van der Waals surface area contributed by atoms with Crippen LogP contribution in [-0.2, 0) is 22.6 Å². The zero-order valence-electron chi connectivity index (χ0n) is 18.2. The number of carbonyl (C=O) groups excluding carboxylic acids is 1. The minimum atomic E-state index is 0. The van der Waals surface area contributed by atoms with Crippen molar-refractivity contribution in [3.63, 3.8) is 0 Å². The van der Waals surface area contributed by atoms with Crippen molar-refractivity contribution in [1.29, 1.82) is 0 Å². The Kier molecular flexibility index (Phi) is 10.9. The highest BCUT2D eigenvalue weighted by molar-refractivity contribution is 14.0. The predicted molar refractivity (Wildman–Crippen MR) is 131 cm³/mol. The third-order valence-electron chi connectivity index (χ3n) is 5.64. The Balaban J connectivity index is 0.00000320. The van der Waals surface area contributed by atoms with Gasteiger partial charge in [-0.15, -0.1) is 24.0 Å². The highest BCUT2D eigenvalue weighted by Gasteiger charge is 2.21. The maximum absolute atomic E-state index is 12.0. The molecule has 0 spiro atoms. The summed E-state index contributed by atoms with van der Waals surface area (Å²) in [6.07, 6.45) is 1.64. The van der Waals surface area contributed by atoms with Gasteiger partial charge in [-0.05, 0) is 31.4 Å². The third-order valence-corrected chi connectivity index (χ3v) is 5.64. The molecule has 168 valence electrons. The number of likely N-dealkylation sites (tertiary alicyclic amines) is 1. The first kappa shape index (κ1) is 24.9. The van der Waals surface area contributed by atoms with Crippen LogP contribution in [0.4, 0.5) is 0 Å². The van der Waals surface area contributed by atoms with Crippen LogP contribution >= 0.6 is 24.0 Å². The highest BCUT2D eigenvalue weighted by atomic mass is 127. The van der Waals surface area contributed by atoms with E-state index in [2.05, 4.69) is 41.5 Å². The van der Waals surface area contributed by atoms with Gasteiger partial charge in [0, 0.05) is 51.7 Å². The zero-order chi connectivity index (χ0) is 20.5. The molecule has 1 unspecified atom stereocenters. The minimum absolute atomic E-state index is 0. The van der Waals surface area contributed by atoms with Gasteiger partial charge in [0.15, 0.2) is 5.96 Å². The number of morpholine rings is 1. The van der Waals surface area contributed by atoms with E-state index < -0.39 is 0 Å². The number of carbonyl (C=O) groups is 1. The van der Waals surface area contributed by atoms with E-state index in [1.807, 2.05) is 17.0 Å². The van der Waals surface area contributed by atoms with Gasteiger partial charge in [0.05, 0.1) is 19.8 Å². The maximum atomic E-state index is 12.0. The normalized spacial score (nSPS) is 18.8. The van der Waals surface area contributed by atoms with Gasteiger partial charge < -0.3 is 20.3 Å². The number of rotatable bonds is 8. The van der Waals surface area contributed by atoms with Crippen LogP contribution in [0.1, 0.15) is 37.8 Å². The number of nitrogens with one attached hydrogen (secondary N) is 2. The fourth-order valence-electron chi connectivity index (χ4n) is 3.84. The molecule has 2 heterocycles. The Bertz CT molecular complexity index is 694. The van der Waals surface area contributed by atoms with Gasteiger partial charge in [-0.3, -0.25) is 9.69 Å². The zero-order valence-corrected chi connectivity index (χ0v) is 20.6. The number of hydrogen-bond donors (Lipinski definition) is 2. The molecule has 3 rings (SSSR count). The number of aliphatic imine (C=N–C) groups is 1. The van der Waals surface area contributed by atoms with E-state index >= 15 is 0 Å². The molecule has 1 amide bonds. The Morgan fingerprint density at radius 3 is 2.57 bits per heavy atom. The molecule has 0 radical (unpaired) electrons. The van der Waals surface area contributed by atoms with Crippen LogP contribution in [0.15, 0.2) is 29.3 Å². The van der Waals surface area contributed by atoms with Crippen LogP contribution in [-0.4, -0.2) is 73.6 Å². The molecule has 0 aliphatic carbocycles. The lowest BCUT2D eigenvalue weighted by Gasteiger charge is -2.32. The molecule has 30 heavy (non-hydrogen) atoms. The van der Waals surface area contributed by atoms with E-state index in [4.69, 9.17) is 9.73 Å². The molecule has 0 saturated carbocycles. The highest BCUT2D eigenvalue weighted by Crippen LogP contribution is 2.17. The van der Waals surface area contributed by atoms with Gasteiger partial charge in [0.25, 0.3) is 0 Å². The second-order valence-electron chi connectivity index (χ2n) is 7.76. The van der Waals surface area contributed by atoms with Gasteiger partial charge >= 0.3 is 0 Å². The summed E-state index contributed by atoms with van der Waals surface area (Å²) in [6.45, 7) is 11.7. The third kappa shape index (κ3) is 7.39. The molecular weight excluding hydrogens is 493 g/mol. The first-order valence-electron chi connectivity index (χ1n) is 10.9. The maximum Gasteiger partial charge on any atom is 0.222 e. The number of hydrogen-bond acceptors (Lipinski definition) is 4. The van der Waals surface area contributed by atoms with Gasteiger partial charge in [0.1, 0.15) is 0 Å². The summed E-state index contributed by atoms with van der Waals surface area (Å²) >= 11 is 0. The number of guanidine groups is 1. The molecule has 0 bridgehead atoms. The molecule has 2 aliphatic rings. The molecule has 8 heteroatoms. The summed E-state index contributed by atoms with van der Waals surface area (Å²) in [4.78, 5) is 21.2. The quantitative estimate of drug-likeness (QED) is 0.307. The van der Waals surface area contributed by atoms with Crippen LogP contribution in [0.25, 0.3) is 0 Å². The Morgan fingerprint density at radius 1 is 1.17 bits per heavy atom. The average Bonchev–Trinajstić information content (AvgIpc) is 3.16. The molecule has 2 fully saturated rings. The largest absolute Gasteiger partial charge is 0.379 e. The summed E-state index contributed by atoms with van der Waals surface area (Å²) in [5.41, 5.74) is 2.36. The van der Waals surface area contributed by atoms with Crippen molar-refractivity contribution in [2.45, 2.75) is 45.8 Å². The lowest BCUT2D eigenvalue weighted by atomic mass is 10.1. The topological polar surface area (TPSA) is 69.2 Å². The van der Waals surface area contributed by atoms with Crippen LogP contribution in [0.3, 0.4) is 0 Å². The van der Waals surface area contributed by atoms with Gasteiger partial charge in [-0.2, -0.15) is 0 Å². The number of ether oxygens (including phenoxy) is 1. The van der Waals surface area contributed by atoms with Crippen LogP contribution in [0.2, 0.25) is 0 Å². The van der Waals surface area contributed by atoms with E-state index in [1.165, 1.54) is 11.1 Å². The van der Waals surface area contributed by atoms with Crippen molar-refractivity contribution in [2.75, 3.05) is 45.9 Å². The lowest BCUT2D eigenvalue weighted by Crippen LogP contribution is -2.49. The molecule has 0 aromatic heterocycles. The van der Waals surface area contributed by atoms with Crippen molar-refractivity contribution in [2.24, 2.45) is 4.99 Å². The Morgan fingerprint density at radius 2 is 1.90 bits per heavy atom. The average molecular weight is 529 g/mol. The lowest BCUT2D eigenvalue weighted by molar-refractivity contribution is -0.128. The van der Waals surface area contributed by atoms with E-state index in [0.717, 1.165) is 58.3 Å². The van der Waals surface area contributed by atoms with Crippen molar-refractivity contribution >= 4 is 35.8 Å². The van der Waals surface area contributed by atoms with Crippen molar-refractivity contribution < 1.29 is 9.53 Å². The summed E-state index contributed by atoms with van der Waals surface area (Å²) in [7, 11) is 0. The van der Waals surface area contributed by atoms with Gasteiger partial charge in [-0.1, -0.05) is 24.3 Å². The Labute approximate surface area is 197 Å². The molecule has 2 saturated heterocycles. The van der Waals surface area contributed by atoms with Crippen molar-refractivity contribution in [1.82, 2.24) is 20.4 Å². The van der Waals surface area contributed by atoms with Crippen LogP contribution < -0.4 is 10.6 Å². The summed E-state index contributed by atoms with van der Waals surface area (Å²) < 4.78 is 5.44. The summed E-state index contributed by atoms with van der Waals surface area (Å²) in [6, 6.07) is 8.73. The first-order valence-corrected chi connectivity index (χ1v) is 10.9. The monoisotopic (exact) mass is 529 g/mol. The molecule has 1 aromatic carbocycles. The smallest absolute Gasteiger partial charge is 0.222 e.